The second-order valence-electron chi connectivity index (χ2n) is 4.55. The van der Waals surface area contributed by atoms with Crippen molar-refractivity contribution in [1.29, 1.82) is 0 Å². The van der Waals surface area contributed by atoms with E-state index in [-0.39, 0.29) is 24.9 Å². The predicted octanol–water partition coefficient (Wildman–Crippen LogP) is 1.04. The number of amides is 2. The maximum atomic E-state index is 11.5. The van der Waals surface area contributed by atoms with Crippen molar-refractivity contribution >= 4 is 50.0 Å². The Morgan fingerprint density at radius 2 is 1.95 bits per heavy atom. The van der Waals surface area contributed by atoms with Crippen LogP contribution in [0.1, 0.15) is 0 Å². The summed E-state index contributed by atoms with van der Waals surface area (Å²) in [6.45, 7) is 0.255. The van der Waals surface area contributed by atoms with Crippen LogP contribution in [0.5, 0.6) is 0 Å². The molecule has 102 valence electrons. The van der Waals surface area contributed by atoms with E-state index in [1.165, 1.54) is 0 Å². The highest BCUT2D eigenvalue weighted by molar-refractivity contribution is 9.10. The summed E-state index contributed by atoms with van der Waals surface area (Å²) < 4.78 is 0.821. The Hall–Kier alpha value is -2.15. The molecule has 0 bridgehead atoms. The van der Waals surface area contributed by atoms with Crippen LogP contribution >= 0.6 is 15.9 Å². The van der Waals surface area contributed by atoms with Crippen molar-refractivity contribution in [2.75, 3.05) is 23.7 Å². The minimum absolute atomic E-state index is 0.127. The Bertz CT molecular complexity index is 716. The quantitative estimate of drug-likeness (QED) is 0.601. The maximum absolute atomic E-state index is 11.5. The monoisotopic (exact) mass is 334 g/mol. The van der Waals surface area contributed by atoms with Crippen LogP contribution in [0, 0.1) is 0 Å². The number of pyridine rings is 1. The van der Waals surface area contributed by atoms with E-state index in [2.05, 4.69) is 26.2 Å². The number of carbonyl (C=O) groups excluding carboxylic acids is 2. The van der Waals surface area contributed by atoms with Crippen LogP contribution in [0.15, 0.2) is 28.9 Å². The molecule has 1 aromatic heterocycles. The van der Waals surface area contributed by atoms with Gasteiger partial charge in [0.2, 0.25) is 11.8 Å². The van der Waals surface area contributed by atoms with E-state index in [1.807, 2.05) is 6.07 Å². The lowest BCUT2D eigenvalue weighted by Crippen LogP contribution is -2.51. The Balaban J connectivity index is 2.14. The van der Waals surface area contributed by atoms with Crippen LogP contribution in [0.3, 0.4) is 0 Å². The number of piperazine rings is 1. The summed E-state index contributed by atoms with van der Waals surface area (Å²) in [6.07, 6.45) is 1.66. The first-order valence-corrected chi connectivity index (χ1v) is 6.75. The summed E-state index contributed by atoms with van der Waals surface area (Å²) in [5, 5.41) is 3.06. The van der Waals surface area contributed by atoms with E-state index in [0.717, 1.165) is 15.5 Å². The number of imide groups is 1. The van der Waals surface area contributed by atoms with Crippen molar-refractivity contribution in [2.24, 2.45) is 0 Å². The van der Waals surface area contributed by atoms with Crippen molar-refractivity contribution < 1.29 is 9.59 Å². The van der Waals surface area contributed by atoms with Crippen LogP contribution in [0.25, 0.3) is 10.9 Å². The van der Waals surface area contributed by atoms with E-state index < -0.39 is 0 Å². The highest BCUT2D eigenvalue weighted by Crippen LogP contribution is 2.31. The van der Waals surface area contributed by atoms with E-state index in [4.69, 9.17) is 5.73 Å². The standard InChI is InChI=1S/C13H11BrN4O2/c14-7-3-8-9(15)1-2-10(13(8)16-4-7)18-5-11(19)17-12(20)6-18/h1-4H,5-6,15H2,(H,17,19,20). The number of rotatable bonds is 1. The van der Waals surface area contributed by atoms with Gasteiger partial charge in [-0.05, 0) is 34.1 Å². The lowest BCUT2D eigenvalue weighted by Gasteiger charge is -2.28. The lowest BCUT2D eigenvalue weighted by atomic mass is 10.1. The maximum Gasteiger partial charge on any atom is 0.246 e. The summed E-state index contributed by atoms with van der Waals surface area (Å²) in [6, 6.07) is 5.40. The van der Waals surface area contributed by atoms with E-state index in [1.54, 1.807) is 23.2 Å². The fourth-order valence-electron chi connectivity index (χ4n) is 2.26. The molecule has 0 spiro atoms. The van der Waals surface area contributed by atoms with E-state index in [0.29, 0.717) is 11.2 Å². The number of nitrogen functional groups attached to an aromatic ring is 1. The third-order valence-corrected chi connectivity index (χ3v) is 3.55. The molecule has 3 N–H and O–H groups in total. The molecule has 2 aromatic rings. The molecular formula is C13H11BrN4O2. The highest BCUT2D eigenvalue weighted by Gasteiger charge is 2.24. The SMILES string of the molecule is Nc1ccc(N2CC(=O)NC(=O)C2)c2ncc(Br)cc12. The van der Waals surface area contributed by atoms with E-state index >= 15 is 0 Å². The number of anilines is 2. The number of nitrogens with one attached hydrogen (secondary N) is 1. The molecule has 1 aromatic carbocycles. The summed E-state index contributed by atoms with van der Waals surface area (Å²) >= 11 is 3.36. The van der Waals surface area contributed by atoms with Gasteiger partial charge < -0.3 is 10.6 Å². The summed E-state index contributed by atoms with van der Waals surface area (Å²) in [5.74, 6) is -0.633. The van der Waals surface area contributed by atoms with Crippen molar-refractivity contribution in [3.8, 4) is 0 Å². The Kier molecular flexibility index (Phi) is 3.06. The Morgan fingerprint density at radius 1 is 1.25 bits per heavy atom. The number of hydrogen-bond donors (Lipinski definition) is 2. The fraction of sp³-hybridized carbons (Fsp3) is 0.154. The zero-order valence-electron chi connectivity index (χ0n) is 10.4. The van der Waals surface area contributed by atoms with Crippen LogP contribution in [0.2, 0.25) is 0 Å². The Labute approximate surface area is 123 Å². The molecule has 0 radical (unpaired) electrons. The number of fused-ring (bicyclic) bond motifs is 1. The van der Waals surface area contributed by atoms with Crippen LogP contribution < -0.4 is 16.0 Å². The molecule has 2 amide bonds. The largest absolute Gasteiger partial charge is 0.398 e. The smallest absolute Gasteiger partial charge is 0.246 e. The van der Waals surface area contributed by atoms with Gasteiger partial charge in [0.05, 0.1) is 24.3 Å². The van der Waals surface area contributed by atoms with Crippen LogP contribution in [0.4, 0.5) is 11.4 Å². The van der Waals surface area contributed by atoms with Gasteiger partial charge in [0, 0.05) is 21.7 Å². The number of nitrogens with zero attached hydrogens (tertiary/aromatic N) is 2. The summed E-state index contributed by atoms with van der Waals surface area (Å²) in [7, 11) is 0. The topological polar surface area (TPSA) is 88.3 Å². The second-order valence-corrected chi connectivity index (χ2v) is 5.47. The molecular weight excluding hydrogens is 324 g/mol. The van der Waals surface area contributed by atoms with Crippen molar-refractivity contribution in [1.82, 2.24) is 10.3 Å². The molecule has 0 atom stereocenters. The van der Waals surface area contributed by atoms with Gasteiger partial charge in [0.25, 0.3) is 0 Å². The second kappa shape index (κ2) is 4.75. The summed E-state index contributed by atoms with van der Waals surface area (Å²) in [5.41, 5.74) is 7.96. The highest BCUT2D eigenvalue weighted by atomic mass is 79.9. The van der Waals surface area contributed by atoms with E-state index in [9.17, 15) is 9.59 Å². The molecule has 1 saturated heterocycles. The molecule has 0 unspecified atom stereocenters. The molecule has 3 rings (SSSR count). The van der Waals surface area contributed by atoms with Gasteiger partial charge in [0.15, 0.2) is 0 Å². The average Bonchev–Trinajstić information content (AvgIpc) is 2.38. The minimum Gasteiger partial charge on any atom is -0.398 e. The first kappa shape index (κ1) is 12.9. The number of benzene rings is 1. The van der Waals surface area contributed by atoms with Gasteiger partial charge in [-0.1, -0.05) is 0 Å². The van der Waals surface area contributed by atoms with Crippen molar-refractivity contribution in [2.45, 2.75) is 0 Å². The van der Waals surface area contributed by atoms with Gasteiger partial charge in [0.1, 0.15) is 0 Å². The third-order valence-electron chi connectivity index (χ3n) is 3.12. The van der Waals surface area contributed by atoms with Gasteiger partial charge in [-0.15, -0.1) is 0 Å². The third kappa shape index (κ3) is 2.20. The molecule has 7 heteroatoms. The number of halogens is 1. The molecule has 2 heterocycles. The van der Waals surface area contributed by atoms with Crippen molar-refractivity contribution in [3.05, 3.63) is 28.9 Å². The molecule has 1 fully saturated rings. The lowest BCUT2D eigenvalue weighted by molar-refractivity contribution is -0.130. The van der Waals surface area contributed by atoms with Gasteiger partial charge in [-0.25, -0.2) is 0 Å². The number of nitrogens with two attached hydrogens (primary N) is 1. The molecule has 0 saturated carbocycles. The van der Waals surface area contributed by atoms with Crippen LogP contribution in [-0.4, -0.2) is 29.9 Å². The molecule has 6 nitrogen and oxygen atoms in total. The number of hydrogen-bond acceptors (Lipinski definition) is 5. The fourth-order valence-corrected chi connectivity index (χ4v) is 2.59. The molecule has 1 aliphatic rings. The Morgan fingerprint density at radius 3 is 2.65 bits per heavy atom. The first-order chi connectivity index (χ1) is 9.54. The average molecular weight is 335 g/mol. The zero-order valence-corrected chi connectivity index (χ0v) is 12.0. The number of carbonyl (C=O) groups is 2. The first-order valence-electron chi connectivity index (χ1n) is 5.96. The molecule has 1 aliphatic heterocycles. The van der Waals surface area contributed by atoms with Gasteiger partial charge in [-0.2, -0.15) is 0 Å². The van der Waals surface area contributed by atoms with Crippen molar-refractivity contribution in [3.63, 3.8) is 0 Å². The predicted molar refractivity (Wildman–Crippen MR) is 79.2 cm³/mol. The van der Waals surface area contributed by atoms with Gasteiger partial charge in [-0.3, -0.25) is 19.9 Å². The van der Waals surface area contributed by atoms with Gasteiger partial charge >= 0.3 is 0 Å². The summed E-state index contributed by atoms with van der Waals surface area (Å²) in [4.78, 5) is 29.0. The molecule has 0 aliphatic carbocycles. The number of aromatic nitrogens is 1. The zero-order chi connectivity index (χ0) is 14.3. The van der Waals surface area contributed by atoms with Crippen LogP contribution in [-0.2, 0) is 9.59 Å². The molecule has 20 heavy (non-hydrogen) atoms. The minimum atomic E-state index is -0.316. The normalized spacial score (nSPS) is 15.6.